The van der Waals surface area contributed by atoms with Crippen LogP contribution in [0.3, 0.4) is 0 Å². The fourth-order valence-electron chi connectivity index (χ4n) is 2.83. The van der Waals surface area contributed by atoms with Gasteiger partial charge in [0, 0.05) is 19.1 Å². The van der Waals surface area contributed by atoms with Crippen molar-refractivity contribution in [2.75, 3.05) is 19.6 Å². The molecule has 1 aromatic carbocycles. The molecule has 1 aromatic rings. The maximum absolute atomic E-state index is 13.3. The van der Waals surface area contributed by atoms with Crippen LogP contribution in [0.15, 0.2) is 22.7 Å². The van der Waals surface area contributed by atoms with Crippen molar-refractivity contribution in [2.45, 2.75) is 51.7 Å². The number of amides is 1. The smallest absolute Gasteiger partial charge is 0.407 e. The normalized spacial score (nSPS) is 19.1. The van der Waals surface area contributed by atoms with Crippen LogP contribution < -0.4 is 5.32 Å². The highest BCUT2D eigenvalue weighted by Gasteiger charge is 2.24. The standard InChI is InChI=1S/C18H26BrFN2O2/c1-18(2,3)24-17(23)21-14-5-4-9-22(12-14)10-8-13-6-7-16(20)15(19)11-13/h6-7,11,14H,4-5,8-10,12H2,1-3H3,(H,21,23). The van der Waals surface area contributed by atoms with Crippen molar-refractivity contribution in [3.63, 3.8) is 0 Å². The third-order valence-electron chi connectivity index (χ3n) is 3.93. The first kappa shape index (κ1) is 19.2. The van der Waals surface area contributed by atoms with Gasteiger partial charge in [0.1, 0.15) is 11.4 Å². The molecule has 0 radical (unpaired) electrons. The number of halogens is 2. The van der Waals surface area contributed by atoms with Gasteiger partial charge in [-0.3, -0.25) is 0 Å². The number of rotatable bonds is 4. The van der Waals surface area contributed by atoms with Crippen LogP contribution in [0, 0.1) is 5.82 Å². The Balaban J connectivity index is 1.80. The molecule has 1 unspecified atom stereocenters. The van der Waals surface area contributed by atoms with Gasteiger partial charge < -0.3 is 15.0 Å². The fraction of sp³-hybridized carbons (Fsp3) is 0.611. The Morgan fingerprint density at radius 1 is 1.46 bits per heavy atom. The number of alkyl carbamates (subject to hydrolysis) is 1. The predicted octanol–water partition coefficient (Wildman–Crippen LogP) is 4.12. The maximum Gasteiger partial charge on any atom is 0.407 e. The van der Waals surface area contributed by atoms with E-state index in [0.717, 1.165) is 44.5 Å². The number of piperidine rings is 1. The first-order valence-corrected chi connectivity index (χ1v) is 9.18. The van der Waals surface area contributed by atoms with E-state index in [1.54, 1.807) is 0 Å². The number of nitrogens with one attached hydrogen (secondary N) is 1. The average molecular weight is 401 g/mol. The second kappa shape index (κ2) is 8.30. The van der Waals surface area contributed by atoms with Gasteiger partial charge in [-0.2, -0.15) is 0 Å². The Labute approximate surface area is 151 Å². The summed E-state index contributed by atoms with van der Waals surface area (Å²) in [6.45, 7) is 8.32. The lowest BCUT2D eigenvalue weighted by Gasteiger charge is -2.33. The van der Waals surface area contributed by atoms with Crippen molar-refractivity contribution in [3.8, 4) is 0 Å². The van der Waals surface area contributed by atoms with Crippen LogP contribution in [0.5, 0.6) is 0 Å². The van der Waals surface area contributed by atoms with E-state index in [1.165, 1.54) is 6.07 Å². The summed E-state index contributed by atoms with van der Waals surface area (Å²) in [7, 11) is 0. The Bertz CT molecular complexity index is 575. The van der Waals surface area contributed by atoms with Gasteiger partial charge in [0.2, 0.25) is 0 Å². The summed E-state index contributed by atoms with van der Waals surface area (Å²) < 4.78 is 19.1. The molecule has 1 saturated heterocycles. The van der Waals surface area contributed by atoms with E-state index in [1.807, 2.05) is 32.9 Å². The lowest BCUT2D eigenvalue weighted by atomic mass is 10.0. The molecule has 1 N–H and O–H groups in total. The fourth-order valence-corrected chi connectivity index (χ4v) is 3.26. The summed E-state index contributed by atoms with van der Waals surface area (Å²) in [4.78, 5) is 14.2. The number of hydrogen-bond donors (Lipinski definition) is 1. The maximum atomic E-state index is 13.3. The highest BCUT2D eigenvalue weighted by molar-refractivity contribution is 9.10. The minimum Gasteiger partial charge on any atom is -0.444 e. The summed E-state index contributed by atoms with van der Waals surface area (Å²) >= 11 is 3.22. The molecular weight excluding hydrogens is 375 g/mol. The molecule has 24 heavy (non-hydrogen) atoms. The van der Waals surface area contributed by atoms with E-state index in [2.05, 4.69) is 26.1 Å². The Kier molecular flexibility index (Phi) is 6.63. The molecule has 0 bridgehead atoms. The van der Waals surface area contributed by atoms with Crippen LogP contribution in [0.1, 0.15) is 39.2 Å². The number of likely N-dealkylation sites (tertiary alicyclic amines) is 1. The van der Waals surface area contributed by atoms with Crippen LogP contribution in [0.25, 0.3) is 0 Å². The highest BCUT2D eigenvalue weighted by Crippen LogP contribution is 2.18. The van der Waals surface area contributed by atoms with E-state index in [9.17, 15) is 9.18 Å². The summed E-state index contributed by atoms with van der Waals surface area (Å²) in [6, 6.07) is 5.26. The molecule has 1 amide bonds. The van der Waals surface area contributed by atoms with Gasteiger partial charge >= 0.3 is 6.09 Å². The zero-order valence-corrected chi connectivity index (χ0v) is 16.2. The number of hydrogen-bond acceptors (Lipinski definition) is 3. The Morgan fingerprint density at radius 3 is 2.88 bits per heavy atom. The number of carbonyl (C=O) groups is 1. The molecule has 6 heteroatoms. The molecular formula is C18H26BrFN2O2. The number of carbonyl (C=O) groups excluding carboxylic acids is 1. The molecule has 1 aliphatic rings. The molecule has 1 aliphatic heterocycles. The van der Waals surface area contributed by atoms with Crippen LogP contribution in [-0.4, -0.2) is 42.3 Å². The zero-order chi connectivity index (χ0) is 17.7. The molecule has 0 spiro atoms. The number of nitrogens with zero attached hydrogens (tertiary/aromatic N) is 1. The molecule has 2 rings (SSSR count). The van der Waals surface area contributed by atoms with Gasteiger partial charge in [-0.1, -0.05) is 6.07 Å². The number of benzene rings is 1. The van der Waals surface area contributed by atoms with Crippen molar-refractivity contribution < 1.29 is 13.9 Å². The van der Waals surface area contributed by atoms with Crippen molar-refractivity contribution in [2.24, 2.45) is 0 Å². The first-order chi connectivity index (χ1) is 11.2. The third kappa shape index (κ3) is 6.40. The van der Waals surface area contributed by atoms with E-state index < -0.39 is 5.60 Å². The summed E-state index contributed by atoms with van der Waals surface area (Å²) in [5.41, 5.74) is 0.625. The van der Waals surface area contributed by atoms with E-state index >= 15 is 0 Å². The van der Waals surface area contributed by atoms with E-state index in [-0.39, 0.29) is 18.0 Å². The van der Waals surface area contributed by atoms with Gasteiger partial charge in [-0.05, 0) is 80.2 Å². The van der Waals surface area contributed by atoms with Crippen molar-refractivity contribution in [1.29, 1.82) is 0 Å². The largest absolute Gasteiger partial charge is 0.444 e. The molecule has 1 heterocycles. The highest BCUT2D eigenvalue weighted by atomic mass is 79.9. The average Bonchev–Trinajstić information content (AvgIpc) is 2.47. The summed E-state index contributed by atoms with van der Waals surface area (Å²) in [5.74, 6) is -0.238. The van der Waals surface area contributed by atoms with Crippen LogP contribution in [-0.2, 0) is 11.2 Å². The van der Waals surface area contributed by atoms with Gasteiger partial charge in [0.05, 0.1) is 4.47 Å². The quantitative estimate of drug-likeness (QED) is 0.826. The monoisotopic (exact) mass is 400 g/mol. The molecule has 0 aliphatic carbocycles. The van der Waals surface area contributed by atoms with Gasteiger partial charge in [0.25, 0.3) is 0 Å². The second-order valence-corrected chi connectivity index (χ2v) is 8.14. The Hall–Kier alpha value is -1.14. The molecule has 0 saturated carbocycles. The van der Waals surface area contributed by atoms with Crippen molar-refractivity contribution >= 4 is 22.0 Å². The lowest BCUT2D eigenvalue weighted by Crippen LogP contribution is -2.49. The second-order valence-electron chi connectivity index (χ2n) is 7.28. The molecule has 1 fully saturated rings. The molecule has 4 nitrogen and oxygen atoms in total. The van der Waals surface area contributed by atoms with E-state index in [0.29, 0.717) is 4.47 Å². The first-order valence-electron chi connectivity index (χ1n) is 8.39. The van der Waals surface area contributed by atoms with Gasteiger partial charge in [0.15, 0.2) is 0 Å². The minimum absolute atomic E-state index is 0.119. The topological polar surface area (TPSA) is 41.6 Å². The van der Waals surface area contributed by atoms with Crippen LogP contribution in [0.2, 0.25) is 0 Å². The SMILES string of the molecule is CC(C)(C)OC(=O)NC1CCCN(CCc2ccc(F)c(Br)c2)C1. The Morgan fingerprint density at radius 2 is 2.21 bits per heavy atom. The van der Waals surface area contributed by atoms with Crippen LogP contribution >= 0.6 is 15.9 Å². The van der Waals surface area contributed by atoms with Crippen molar-refractivity contribution in [3.05, 3.63) is 34.1 Å². The summed E-state index contributed by atoms with van der Waals surface area (Å²) in [5, 5.41) is 2.96. The predicted molar refractivity (Wildman–Crippen MR) is 96.6 cm³/mol. The minimum atomic E-state index is -0.478. The van der Waals surface area contributed by atoms with Gasteiger partial charge in [-0.15, -0.1) is 0 Å². The third-order valence-corrected chi connectivity index (χ3v) is 4.53. The van der Waals surface area contributed by atoms with Gasteiger partial charge in [-0.25, -0.2) is 9.18 Å². The van der Waals surface area contributed by atoms with Crippen molar-refractivity contribution in [1.82, 2.24) is 10.2 Å². The number of ether oxygens (including phenoxy) is 1. The lowest BCUT2D eigenvalue weighted by molar-refractivity contribution is 0.0472. The zero-order valence-electron chi connectivity index (χ0n) is 14.6. The van der Waals surface area contributed by atoms with E-state index in [4.69, 9.17) is 4.74 Å². The van der Waals surface area contributed by atoms with Crippen LogP contribution in [0.4, 0.5) is 9.18 Å². The molecule has 0 aromatic heterocycles. The summed E-state index contributed by atoms with van der Waals surface area (Å²) in [6.07, 6.45) is 2.53. The molecule has 134 valence electrons. The molecule has 1 atom stereocenters.